The second kappa shape index (κ2) is 6.78. The van der Waals surface area contributed by atoms with Gasteiger partial charge in [-0.3, -0.25) is 4.98 Å². The van der Waals surface area contributed by atoms with Gasteiger partial charge in [-0.15, -0.1) is 0 Å². The van der Waals surface area contributed by atoms with E-state index in [9.17, 15) is 0 Å². The van der Waals surface area contributed by atoms with Crippen molar-refractivity contribution in [2.24, 2.45) is 0 Å². The van der Waals surface area contributed by atoms with Crippen LogP contribution < -0.4 is 14.8 Å². The first-order valence-corrected chi connectivity index (χ1v) is 6.99. The molecule has 0 atom stereocenters. The second-order valence-corrected chi connectivity index (χ2v) is 4.70. The normalized spacial score (nSPS) is 10.3. The van der Waals surface area contributed by atoms with Crippen molar-refractivity contribution in [3.63, 3.8) is 0 Å². The molecule has 0 aliphatic carbocycles. The summed E-state index contributed by atoms with van der Waals surface area (Å²) in [6.07, 6.45) is 3.37. The summed E-state index contributed by atoms with van der Waals surface area (Å²) in [5.41, 5.74) is 1.75. The van der Waals surface area contributed by atoms with Crippen LogP contribution in [0.2, 0.25) is 0 Å². The van der Waals surface area contributed by atoms with Crippen molar-refractivity contribution < 1.29 is 14.0 Å². The fourth-order valence-electron chi connectivity index (χ4n) is 2.08. The van der Waals surface area contributed by atoms with E-state index in [0.29, 0.717) is 18.4 Å². The molecule has 3 aromatic rings. The van der Waals surface area contributed by atoms with E-state index in [1.807, 2.05) is 30.3 Å². The SMILES string of the molecule is COc1ccc(CNc2nc(-c3cccnc3)no2)c(OC)c1. The van der Waals surface area contributed by atoms with E-state index < -0.39 is 0 Å². The first kappa shape index (κ1) is 14.8. The highest BCUT2D eigenvalue weighted by atomic mass is 16.5. The predicted molar refractivity (Wildman–Crippen MR) is 84.4 cm³/mol. The van der Waals surface area contributed by atoms with Crippen LogP contribution >= 0.6 is 0 Å². The van der Waals surface area contributed by atoms with Gasteiger partial charge in [-0.1, -0.05) is 5.16 Å². The van der Waals surface area contributed by atoms with Crippen molar-refractivity contribution >= 4 is 6.01 Å². The minimum atomic E-state index is 0.335. The lowest BCUT2D eigenvalue weighted by atomic mass is 10.2. The largest absolute Gasteiger partial charge is 0.497 e. The number of hydrogen-bond acceptors (Lipinski definition) is 7. The van der Waals surface area contributed by atoms with E-state index in [1.54, 1.807) is 26.6 Å². The van der Waals surface area contributed by atoms with Gasteiger partial charge in [0.1, 0.15) is 11.5 Å². The maximum absolute atomic E-state index is 5.36. The zero-order valence-corrected chi connectivity index (χ0v) is 12.8. The molecule has 0 radical (unpaired) electrons. The molecule has 1 aromatic carbocycles. The Morgan fingerprint density at radius 1 is 1.17 bits per heavy atom. The number of benzene rings is 1. The first-order valence-electron chi connectivity index (χ1n) is 6.99. The van der Waals surface area contributed by atoms with Crippen LogP contribution in [0.25, 0.3) is 11.4 Å². The summed E-state index contributed by atoms with van der Waals surface area (Å²) >= 11 is 0. The maximum Gasteiger partial charge on any atom is 0.322 e. The molecule has 0 saturated carbocycles. The lowest BCUT2D eigenvalue weighted by molar-refractivity contribution is 0.391. The first-order chi connectivity index (χ1) is 11.3. The molecule has 0 saturated heterocycles. The van der Waals surface area contributed by atoms with Crippen molar-refractivity contribution in [1.82, 2.24) is 15.1 Å². The van der Waals surface area contributed by atoms with Crippen molar-refractivity contribution in [3.05, 3.63) is 48.3 Å². The third-order valence-electron chi connectivity index (χ3n) is 3.27. The third kappa shape index (κ3) is 3.39. The van der Waals surface area contributed by atoms with Crippen LogP contribution in [0.5, 0.6) is 11.5 Å². The summed E-state index contributed by atoms with van der Waals surface area (Å²) in [5, 5.41) is 7.01. The topological polar surface area (TPSA) is 82.3 Å². The van der Waals surface area contributed by atoms with Gasteiger partial charge in [0.05, 0.1) is 14.2 Å². The Morgan fingerprint density at radius 2 is 2.09 bits per heavy atom. The summed E-state index contributed by atoms with van der Waals surface area (Å²) in [4.78, 5) is 8.32. The number of ether oxygens (including phenoxy) is 2. The fourth-order valence-corrected chi connectivity index (χ4v) is 2.08. The van der Waals surface area contributed by atoms with Gasteiger partial charge in [0, 0.05) is 36.1 Å². The summed E-state index contributed by atoms with van der Waals surface area (Å²) in [6, 6.07) is 9.64. The monoisotopic (exact) mass is 312 g/mol. The van der Waals surface area contributed by atoms with E-state index in [2.05, 4.69) is 20.4 Å². The molecule has 7 nitrogen and oxygen atoms in total. The number of hydrogen-bond donors (Lipinski definition) is 1. The molecule has 0 amide bonds. The number of methoxy groups -OCH3 is 2. The van der Waals surface area contributed by atoms with Gasteiger partial charge in [-0.25, -0.2) is 0 Å². The van der Waals surface area contributed by atoms with E-state index in [0.717, 1.165) is 22.6 Å². The summed E-state index contributed by atoms with van der Waals surface area (Å²) in [5.74, 6) is 1.95. The van der Waals surface area contributed by atoms with Crippen LogP contribution in [0.3, 0.4) is 0 Å². The number of aromatic nitrogens is 3. The van der Waals surface area contributed by atoms with Crippen molar-refractivity contribution in [3.8, 4) is 22.9 Å². The molecule has 7 heteroatoms. The Labute approximate surface area is 133 Å². The van der Waals surface area contributed by atoms with Gasteiger partial charge in [-0.05, 0) is 24.3 Å². The van der Waals surface area contributed by atoms with Crippen molar-refractivity contribution in [2.75, 3.05) is 19.5 Å². The lowest BCUT2D eigenvalue weighted by Crippen LogP contribution is -2.02. The highest BCUT2D eigenvalue weighted by Crippen LogP contribution is 2.25. The van der Waals surface area contributed by atoms with E-state index in [1.165, 1.54) is 0 Å². The molecular formula is C16H16N4O3. The molecule has 0 fully saturated rings. The second-order valence-electron chi connectivity index (χ2n) is 4.70. The summed E-state index contributed by atoms with van der Waals surface area (Å²) in [6.45, 7) is 0.488. The number of nitrogens with one attached hydrogen (secondary N) is 1. The summed E-state index contributed by atoms with van der Waals surface area (Å²) in [7, 11) is 3.23. The van der Waals surface area contributed by atoms with Gasteiger partial charge in [0.2, 0.25) is 5.82 Å². The number of pyridine rings is 1. The molecule has 3 rings (SSSR count). The average molecular weight is 312 g/mol. The zero-order valence-electron chi connectivity index (χ0n) is 12.8. The van der Waals surface area contributed by atoms with E-state index in [4.69, 9.17) is 14.0 Å². The lowest BCUT2D eigenvalue weighted by Gasteiger charge is -2.10. The molecule has 1 N–H and O–H groups in total. The van der Waals surface area contributed by atoms with Crippen molar-refractivity contribution in [1.29, 1.82) is 0 Å². The van der Waals surface area contributed by atoms with Gasteiger partial charge in [0.25, 0.3) is 0 Å². The summed E-state index contributed by atoms with van der Waals surface area (Å²) < 4.78 is 15.7. The Morgan fingerprint density at radius 3 is 2.83 bits per heavy atom. The number of nitrogens with zero attached hydrogens (tertiary/aromatic N) is 3. The van der Waals surface area contributed by atoms with Gasteiger partial charge in [0.15, 0.2) is 0 Å². The fraction of sp³-hybridized carbons (Fsp3) is 0.188. The Kier molecular flexibility index (Phi) is 4.37. The maximum atomic E-state index is 5.36. The average Bonchev–Trinajstić information content (AvgIpc) is 3.09. The third-order valence-corrected chi connectivity index (χ3v) is 3.27. The van der Waals surface area contributed by atoms with Crippen molar-refractivity contribution in [2.45, 2.75) is 6.54 Å². The Bertz CT molecular complexity index is 774. The van der Waals surface area contributed by atoms with E-state index in [-0.39, 0.29) is 0 Å². The van der Waals surface area contributed by atoms with Crippen LogP contribution in [0.4, 0.5) is 6.01 Å². The van der Waals surface area contributed by atoms with Crippen LogP contribution in [0.15, 0.2) is 47.2 Å². The minimum Gasteiger partial charge on any atom is -0.497 e. The Balaban J connectivity index is 1.71. The minimum absolute atomic E-state index is 0.335. The number of anilines is 1. The van der Waals surface area contributed by atoms with Gasteiger partial charge in [-0.2, -0.15) is 4.98 Å². The molecule has 0 aliphatic rings. The standard InChI is InChI=1S/C16H16N4O3/c1-21-13-6-5-11(14(8-13)22-2)10-18-16-19-15(20-23-16)12-4-3-7-17-9-12/h3-9H,10H2,1-2H3,(H,18,19,20). The molecule has 23 heavy (non-hydrogen) atoms. The number of rotatable bonds is 6. The van der Waals surface area contributed by atoms with E-state index >= 15 is 0 Å². The molecule has 0 unspecified atom stereocenters. The highest BCUT2D eigenvalue weighted by molar-refractivity contribution is 5.53. The van der Waals surface area contributed by atoms with Crippen LogP contribution in [0.1, 0.15) is 5.56 Å². The van der Waals surface area contributed by atoms with Crippen LogP contribution in [-0.2, 0) is 6.54 Å². The molecule has 0 spiro atoms. The molecular weight excluding hydrogens is 296 g/mol. The smallest absolute Gasteiger partial charge is 0.322 e. The molecule has 0 bridgehead atoms. The highest BCUT2D eigenvalue weighted by Gasteiger charge is 2.10. The predicted octanol–water partition coefficient (Wildman–Crippen LogP) is 2.76. The van der Waals surface area contributed by atoms with Crippen LogP contribution in [-0.4, -0.2) is 29.3 Å². The molecule has 2 heterocycles. The molecule has 2 aromatic heterocycles. The van der Waals surface area contributed by atoms with Gasteiger partial charge >= 0.3 is 6.01 Å². The molecule has 0 aliphatic heterocycles. The van der Waals surface area contributed by atoms with Gasteiger partial charge < -0.3 is 19.3 Å². The zero-order chi connectivity index (χ0) is 16.1. The Hall–Kier alpha value is -3.09. The quantitative estimate of drug-likeness (QED) is 0.749. The van der Waals surface area contributed by atoms with Crippen LogP contribution in [0, 0.1) is 0 Å². The molecule has 118 valence electrons.